The fourth-order valence-electron chi connectivity index (χ4n) is 1.83. The second kappa shape index (κ2) is 5.12. The topological polar surface area (TPSA) is 63.5 Å². The molecule has 1 amide bonds. The van der Waals surface area contributed by atoms with Gasteiger partial charge in [-0.1, -0.05) is 0 Å². The van der Waals surface area contributed by atoms with Crippen molar-refractivity contribution in [1.29, 1.82) is 0 Å². The third-order valence-corrected chi connectivity index (χ3v) is 3.29. The Labute approximate surface area is 123 Å². The molecular formula is C13H11IN2O3. The molecule has 2 heterocycles. The molecule has 1 aliphatic heterocycles. The van der Waals surface area contributed by atoms with Gasteiger partial charge >= 0.3 is 0 Å². The lowest BCUT2D eigenvalue weighted by Crippen LogP contribution is -2.25. The molecule has 1 aromatic heterocycles. The summed E-state index contributed by atoms with van der Waals surface area (Å²) < 4.78 is 11.6. The van der Waals surface area contributed by atoms with E-state index in [1.165, 1.54) is 0 Å². The van der Waals surface area contributed by atoms with Crippen LogP contribution in [0.4, 0.5) is 11.4 Å². The average molecular weight is 370 g/mol. The molecule has 0 fully saturated rings. The van der Waals surface area contributed by atoms with Gasteiger partial charge in [0.25, 0.3) is 5.91 Å². The molecule has 6 heteroatoms. The molecule has 19 heavy (non-hydrogen) atoms. The van der Waals surface area contributed by atoms with Crippen LogP contribution < -0.4 is 15.4 Å². The highest BCUT2D eigenvalue weighted by Crippen LogP contribution is 2.30. The van der Waals surface area contributed by atoms with Crippen LogP contribution in [0.5, 0.6) is 5.75 Å². The summed E-state index contributed by atoms with van der Waals surface area (Å²) in [7, 11) is 0. The number of carbonyl (C=O) groups excluding carboxylic acids is 1. The SMILES string of the molecule is O=C1COc2ccc(NCc3ccc(I)o3)cc2N1. The standard InChI is InChI=1S/C13H11IN2O3/c14-12-4-2-9(19-12)6-15-8-1-3-11-10(5-8)16-13(17)7-18-11/h1-5,15H,6-7H2,(H,16,17). The first-order valence-corrected chi connectivity index (χ1v) is 6.83. The number of nitrogens with one attached hydrogen (secondary N) is 2. The van der Waals surface area contributed by atoms with Gasteiger partial charge < -0.3 is 19.8 Å². The van der Waals surface area contributed by atoms with Crippen LogP contribution in [-0.4, -0.2) is 12.5 Å². The van der Waals surface area contributed by atoms with Crippen molar-refractivity contribution < 1.29 is 13.9 Å². The number of hydrogen-bond acceptors (Lipinski definition) is 4. The zero-order valence-electron chi connectivity index (χ0n) is 9.90. The molecule has 2 aromatic rings. The van der Waals surface area contributed by atoms with Crippen LogP contribution in [0, 0.1) is 3.77 Å². The van der Waals surface area contributed by atoms with Crippen molar-refractivity contribution >= 4 is 39.9 Å². The molecule has 1 aromatic carbocycles. The van der Waals surface area contributed by atoms with E-state index < -0.39 is 0 Å². The molecule has 3 rings (SSSR count). The third-order valence-electron chi connectivity index (χ3n) is 2.71. The zero-order chi connectivity index (χ0) is 13.2. The number of halogens is 1. The van der Waals surface area contributed by atoms with Crippen molar-refractivity contribution in [1.82, 2.24) is 0 Å². The molecule has 0 saturated carbocycles. The Morgan fingerprint density at radius 2 is 2.21 bits per heavy atom. The predicted octanol–water partition coefficient (Wildman–Crippen LogP) is 2.83. The van der Waals surface area contributed by atoms with E-state index in [0.29, 0.717) is 18.0 Å². The van der Waals surface area contributed by atoms with Crippen molar-refractivity contribution in [2.75, 3.05) is 17.2 Å². The van der Waals surface area contributed by atoms with E-state index >= 15 is 0 Å². The Bertz CT molecular complexity index is 624. The molecule has 0 unspecified atom stereocenters. The van der Waals surface area contributed by atoms with E-state index in [0.717, 1.165) is 15.2 Å². The van der Waals surface area contributed by atoms with Gasteiger partial charge in [-0.3, -0.25) is 4.79 Å². The number of rotatable bonds is 3. The molecule has 1 aliphatic rings. The van der Waals surface area contributed by atoms with Crippen molar-refractivity contribution in [3.8, 4) is 5.75 Å². The highest BCUT2D eigenvalue weighted by Gasteiger charge is 2.15. The van der Waals surface area contributed by atoms with Crippen molar-refractivity contribution in [2.45, 2.75) is 6.54 Å². The van der Waals surface area contributed by atoms with Crippen LogP contribution in [0.1, 0.15) is 5.76 Å². The normalized spacial score (nSPS) is 13.4. The largest absolute Gasteiger partial charge is 0.482 e. The maximum Gasteiger partial charge on any atom is 0.262 e. The number of anilines is 2. The summed E-state index contributed by atoms with van der Waals surface area (Å²) in [5.74, 6) is 1.42. The van der Waals surface area contributed by atoms with Gasteiger partial charge in [0, 0.05) is 5.69 Å². The molecule has 0 aliphatic carbocycles. The minimum Gasteiger partial charge on any atom is -0.482 e. The average Bonchev–Trinajstić information content (AvgIpc) is 2.81. The molecule has 98 valence electrons. The van der Waals surface area contributed by atoms with Gasteiger partial charge in [0.2, 0.25) is 0 Å². The van der Waals surface area contributed by atoms with Gasteiger partial charge in [0.05, 0.1) is 12.2 Å². The van der Waals surface area contributed by atoms with E-state index in [4.69, 9.17) is 9.15 Å². The molecular weight excluding hydrogens is 359 g/mol. The van der Waals surface area contributed by atoms with Crippen LogP contribution in [-0.2, 0) is 11.3 Å². The summed E-state index contributed by atoms with van der Waals surface area (Å²) in [5.41, 5.74) is 1.59. The van der Waals surface area contributed by atoms with Gasteiger partial charge in [-0.05, 0) is 52.9 Å². The highest BCUT2D eigenvalue weighted by molar-refractivity contribution is 14.1. The second-order valence-electron chi connectivity index (χ2n) is 4.11. The molecule has 0 radical (unpaired) electrons. The second-order valence-corrected chi connectivity index (χ2v) is 5.17. The summed E-state index contributed by atoms with van der Waals surface area (Å²) in [6.45, 7) is 0.668. The van der Waals surface area contributed by atoms with Crippen LogP contribution >= 0.6 is 22.6 Å². The van der Waals surface area contributed by atoms with E-state index in [-0.39, 0.29) is 12.5 Å². The summed E-state index contributed by atoms with van der Waals surface area (Å²) in [6, 6.07) is 9.43. The van der Waals surface area contributed by atoms with Gasteiger partial charge in [-0.25, -0.2) is 0 Å². The Balaban J connectivity index is 1.71. The molecule has 5 nitrogen and oxygen atoms in total. The number of benzene rings is 1. The fourth-order valence-corrected chi connectivity index (χ4v) is 2.29. The fraction of sp³-hybridized carbons (Fsp3) is 0.154. The summed E-state index contributed by atoms with van der Waals surface area (Å²) in [4.78, 5) is 11.2. The van der Waals surface area contributed by atoms with Crippen molar-refractivity contribution in [3.05, 3.63) is 39.9 Å². The Kier molecular flexibility index (Phi) is 3.33. The molecule has 0 atom stereocenters. The van der Waals surface area contributed by atoms with E-state index in [1.54, 1.807) is 0 Å². The zero-order valence-corrected chi connectivity index (χ0v) is 12.1. The van der Waals surface area contributed by atoms with Crippen LogP contribution in [0.15, 0.2) is 34.7 Å². The third kappa shape index (κ3) is 2.83. The van der Waals surface area contributed by atoms with Crippen molar-refractivity contribution in [3.63, 3.8) is 0 Å². The quantitative estimate of drug-likeness (QED) is 0.816. The Morgan fingerprint density at radius 1 is 1.32 bits per heavy atom. The van der Waals surface area contributed by atoms with E-state index in [1.807, 2.05) is 30.3 Å². The predicted molar refractivity (Wildman–Crippen MR) is 79.3 cm³/mol. The first kappa shape index (κ1) is 12.3. The van der Waals surface area contributed by atoms with E-state index in [9.17, 15) is 4.79 Å². The summed E-state index contributed by atoms with van der Waals surface area (Å²) in [5, 5.41) is 6.01. The number of ether oxygens (including phenoxy) is 1. The first-order valence-electron chi connectivity index (χ1n) is 5.75. The summed E-state index contributed by atoms with van der Waals surface area (Å²) >= 11 is 2.13. The molecule has 2 N–H and O–H groups in total. The molecule has 0 bridgehead atoms. The number of furan rings is 1. The highest BCUT2D eigenvalue weighted by atomic mass is 127. The number of hydrogen-bond donors (Lipinski definition) is 2. The maximum atomic E-state index is 11.2. The van der Waals surface area contributed by atoms with Gasteiger partial charge in [-0.2, -0.15) is 0 Å². The lowest BCUT2D eigenvalue weighted by Gasteiger charge is -2.18. The molecule has 0 spiro atoms. The monoisotopic (exact) mass is 370 g/mol. The van der Waals surface area contributed by atoms with Crippen LogP contribution in [0.3, 0.4) is 0 Å². The maximum absolute atomic E-state index is 11.2. The van der Waals surface area contributed by atoms with Gasteiger partial charge in [0.15, 0.2) is 10.4 Å². The summed E-state index contributed by atoms with van der Waals surface area (Å²) in [6.07, 6.45) is 0. The minimum absolute atomic E-state index is 0.0740. The van der Waals surface area contributed by atoms with Gasteiger partial charge in [0.1, 0.15) is 11.5 Å². The van der Waals surface area contributed by atoms with Crippen LogP contribution in [0.25, 0.3) is 0 Å². The number of carbonyl (C=O) groups is 1. The molecule has 0 saturated heterocycles. The lowest BCUT2D eigenvalue weighted by atomic mass is 10.2. The lowest BCUT2D eigenvalue weighted by molar-refractivity contribution is -0.118. The minimum atomic E-state index is -0.134. The van der Waals surface area contributed by atoms with Gasteiger partial charge in [-0.15, -0.1) is 0 Å². The van der Waals surface area contributed by atoms with Crippen molar-refractivity contribution in [2.24, 2.45) is 0 Å². The number of fused-ring (bicyclic) bond motifs is 1. The Hall–Kier alpha value is -1.70. The Morgan fingerprint density at radius 3 is 3.00 bits per heavy atom. The van der Waals surface area contributed by atoms with E-state index in [2.05, 4.69) is 33.2 Å². The first-order chi connectivity index (χ1) is 9.20. The number of amides is 1. The smallest absolute Gasteiger partial charge is 0.262 e. The van der Waals surface area contributed by atoms with Crippen LogP contribution in [0.2, 0.25) is 0 Å².